The van der Waals surface area contributed by atoms with Crippen molar-refractivity contribution in [2.45, 2.75) is 0 Å². The number of hydrogen-bond acceptors (Lipinski definition) is 0. The van der Waals surface area contributed by atoms with Crippen molar-refractivity contribution >= 4 is 47.3 Å². The Hall–Kier alpha value is 5.61. The average Bonchev–Trinajstić information content (AvgIpc) is 0. The molecule has 8 heteroatoms. The molecule has 0 atom stereocenters. The number of rotatable bonds is 0. The van der Waals surface area contributed by atoms with Crippen LogP contribution >= 0.6 is 0 Å². The van der Waals surface area contributed by atoms with E-state index in [2.05, 4.69) is 0 Å². The van der Waals surface area contributed by atoms with Crippen molar-refractivity contribution in [2.75, 3.05) is 0 Å². The van der Waals surface area contributed by atoms with Gasteiger partial charge in [0.25, 0.3) is 0 Å². The molecule has 0 aromatic rings. The molecular formula is H4Mo2Nb2Te2V2. The van der Waals surface area contributed by atoms with Crippen LogP contribution in [0.25, 0.3) is 0 Å². The second-order valence-electron chi connectivity index (χ2n) is 0. The summed E-state index contributed by atoms with van der Waals surface area (Å²) in [5.41, 5.74) is 0. The molecular weight excluding hydrogens is 735 g/mol. The summed E-state index contributed by atoms with van der Waals surface area (Å²) >= 11 is 0. The fourth-order valence-electron chi connectivity index (χ4n) is 0. The predicted molar refractivity (Wildman–Crippen MR) is 17.1 cm³/mol. The van der Waals surface area contributed by atoms with Gasteiger partial charge < -0.3 is 0 Å². The van der Waals surface area contributed by atoms with E-state index in [1.807, 2.05) is 0 Å². The summed E-state index contributed by atoms with van der Waals surface area (Å²) in [6.45, 7) is 0. The Balaban J connectivity index is 0. The first kappa shape index (κ1) is 68.8. The van der Waals surface area contributed by atoms with Crippen molar-refractivity contribution < 1.29 is 124 Å². The van der Waals surface area contributed by atoms with Crippen LogP contribution in [0.3, 0.4) is 0 Å². The molecule has 0 N–H and O–H groups in total. The van der Waals surface area contributed by atoms with E-state index in [0.29, 0.717) is 0 Å². The quantitative estimate of drug-likeness (QED) is 0.257. The van der Waals surface area contributed by atoms with Crippen LogP contribution in [0.4, 0.5) is 0 Å². The largest absolute Gasteiger partial charge is 0 e. The van der Waals surface area contributed by atoms with Crippen LogP contribution < -0.4 is 0 Å². The van der Waals surface area contributed by atoms with Crippen molar-refractivity contribution in [1.29, 1.82) is 0 Å². The van der Waals surface area contributed by atoms with Gasteiger partial charge in [-0.15, -0.1) is 0 Å². The first-order valence-corrected chi connectivity index (χ1v) is 0. The molecule has 0 aromatic carbocycles. The average molecular weight is 739 g/mol. The zero-order valence-corrected chi connectivity index (χ0v) is 20.5. The molecule has 0 spiro atoms. The topological polar surface area (TPSA) is 0 Å². The fourth-order valence-corrected chi connectivity index (χ4v) is 0. The Morgan fingerprint density at radius 3 is 0.500 bits per heavy atom. The summed E-state index contributed by atoms with van der Waals surface area (Å²) < 4.78 is 0. The summed E-state index contributed by atoms with van der Waals surface area (Å²) in [7, 11) is 0. The predicted octanol–water partition coefficient (Wildman–Crippen LogP) is -1.85. The molecule has 4 radical (unpaired) electrons. The Labute approximate surface area is 167 Å². The fraction of sp³-hybridized carbons (Fsp3) is 0. The molecule has 0 rings (SSSR count). The third-order valence-corrected chi connectivity index (χ3v) is 0. The van der Waals surface area contributed by atoms with Crippen LogP contribution in [0.2, 0.25) is 0 Å². The van der Waals surface area contributed by atoms with Crippen molar-refractivity contribution in [3.05, 3.63) is 0 Å². The Bertz CT molecular complexity index is 16.0. The molecule has 0 saturated carbocycles. The van der Waals surface area contributed by atoms with Crippen LogP contribution in [-0.2, 0) is 124 Å². The molecule has 0 aromatic heterocycles. The summed E-state index contributed by atoms with van der Waals surface area (Å²) in [6, 6.07) is 0. The molecule has 0 aliphatic heterocycles. The van der Waals surface area contributed by atoms with Crippen LogP contribution in [-0.4, -0.2) is 47.3 Å². The first-order valence-electron chi connectivity index (χ1n) is 0. The Morgan fingerprint density at radius 1 is 0.500 bits per heavy atom. The van der Waals surface area contributed by atoms with E-state index in [-0.39, 0.29) is 171 Å². The second kappa shape index (κ2) is 54.0. The first-order chi connectivity index (χ1) is 0. The van der Waals surface area contributed by atoms with E-state index in [9.17, 15) is 0 Å². The van der Waals surface area contributed by atoms with Gasteiger partial charge in [0, 0.05) is 124 Å². The van der Waals surface area contributed by atoms with Gasteiger partial charge in [0.15, 0.2) is 0 Å². The maximum Gasteiger partial charge on any atom is 0 e. The Kier molecular flexibility index (Phi) is 465. The molecule has 0 saturated heterocycles. The van der Waals surface area contributed by atoms with Crippen LogP contribution in [0.5, 0.6) is 0 Å². The van der Waals surface area contributed by atoms with E-state index >= 15 is 0 Å². The van der Waals surface area contributed by atoms with Gasteiger partial charge in [0.1, 0.15) is 0 Å². The van der Waals surface area contributed by atoms with Gasteiger partial charge in [-0.25, -0.2) is 0 Å². The molecule has 0 aliphatic rings. The molecule has 48 valence electrons. The van der Waals surface area contributed by atoms with E-state index < -0.39 is 0 Å². The maximum absolute atomic E-state index is 0. The second-order valence-corrected chi connectivity index (χ2v) is 0. The van der Waals surface area contributed by atoms with E-state index in [1.165, 1.54) is 0 Å². The zero-order valence-electron chi connectivity index (χ0n) is 3.61. The van der Waals surface area contributed by atoms with Gasteiger partial charge in [-0.1, -0.05) is 0 Å². The SMILES string of the molecule is [Mo].[Mo].[Nb].[Nb].[TeH2].[TeH2].[V].[V]. The monoisotopic (exact) mass is 747 g/mol. The summed E-state index contributed by atoms with van der Waals surface area (Å²) in [5, 5.41) is 0. The summed E-state index contributed by atoms with van der Waals surface area (Å²) in [5.74, 6) is 0. The van der Waals surface area contributed by atoms with Crippen molar-refractivity contribution in [1.82, 2.24) is 0 Å². The minimum atomic E-state index is 0. The molecule has 0 amide bonds. The van der Waals surface area contributed by atoms with Crippen LogP contribution in [0, 0.1) is 0 Å². The van der Waals surface area contributed by atoms with Gasteiger partial charge in [-0.3, -0.25) is 0 Å². The molecule has 0 aliphatic carbocycles. The smallest absolute Gasteiger partial charge is 0 e. The summed E-state index contributed by atoms with van der Waals surface area (Å²) in [4.78, 5) is 0. The van der Waals surface area contributed by atoms with Crippen LogP contribution in [0.15, 0.2) is 0 Å². The maximum atomic E-state index is 0. The Morgan fingerprint density at radius 2 is 0.500 bits per heavy atom. The third kappa shape index (κ3) is 41.5. The molecule has 0 heterocycles. The standard InChI is InChI=1S/2Mo.2Nb.2H2Te.2V/h;;;;2*1H2;;. The number of hydrogen-bond donors (Lipinski definition) is 0. The van der Waals surface area contributed by atoms with Crippen LogP contribution in [0.1, 0.15) is 0 Å². The molecule has 0 bridgehead atoms. The van der Waals surface area contributed by atoms with Gasteiger partial charge in [-0.2, -0.15) is 0 Å². The zero-order chi connectivity index (χ0) is 0. The van der Waals surface area contributed by atoms with E-state index in [1.54, 1.807) is 0 Å². The van der Waals surface area contributed by atoms with Gasteiger partial charge in [0.05, 0.1) is 0 Å². The normalized spacial score (nSPS) is 0. The van der Waals surface area contributed by atoms with Gasteiger partial charge in [0.2, 0.25) is 0 Å². The minimum Gasteiger partial charge on any atom is 0 e. The minimum absolute atomic E-state index is 0. The third-order valence-electron chi connectivity index (χ3n) is 0. The molecule has 8 heavy (non-hydrogen) atoms. The molecule has 0 unspecified atom stereocenters. The molecule has 0 nitrogen and oxygen atoms in total. The molecule has 0 fully saturated rings. The summed E-state index contributed by atoms with van der Waals surface area (Å²) in [6.07, 6.45) is 0. The van der Waals surface area contributed by atoms with E-state index in [0.717, 1.165) is 0 Å². The van der Waals surface area contributed by atoms with E-state index in [4.69, 9.17) is 0 Å². The van der Waals surface area contributed by atoms with Crippen molar-refractivity contribution in [3.63, 3.8) is 0 Å². The van der Waals surface area contributed by atoms with Crippen molar-refractivity contribution in [3.8, 4) is 0 Å². The van der Waals surface area contributed by atoms with Crippen molar-refractivity contribution in [2.24, 2.45) is 0 Å². The van der Waals surface area contributed by atoms with Gasteiger partial charge >= 0.3 is 47.3 Å². The van der Waals surface area contributed by atoms with Gasteiger partial charge in [-0.05, 0) is 0 Å².